The Morgan fingerprint density at radius 3 is 2.38 bits per heavy atom. The minimum absolute atomic E-state index is 0. The van der Waals surface area contributed by atoms with E-state index in [0.717, 1.165) is 31.5 Å². The number of aryl methyl sites for hydroxylation is 1. The number of piperazine rings is 1. The highest BCUT2D eigenvalue weighted by atomic mass is 35.5. The Morgan fingerprint density at radius 2 is 1.88 bits per heavy atom. The fraction of sp³-hybridized carbons (Fsp3) is 0.688. The summed E-state index contributed by atoms with van der Waals surface area (Å²) in [5.74, 6) is 0.160. The Hall–Kier alpha value is -1.35. The summed E-state index contributed by atoms with van der Waals surface area (Å²) in [5, 5.41) is 10.2. The summed E-state index contributed by atoms with van der Waals surface area (Å²) >= 11 is 0. The zero-order valence-electron chi connectivity index (χ0n) is 15.2. The molecule has 10 heteroatoms. The quantitative estimate of drug-likeness (QED) is 0.691. The van der Waals surface area contributed by atoms with Crippen LogP contribution in [-0.4, -0.2) is 77.2 Å². The van der Waals surface area contributed by atoms with Crippen molar-refractivity contribution in [1.82, 2.24) is 30.2 Å². The minimum atomic E-state index is -0.372. The van der Waals surface area contributed by atoms with Crippen LogP contribution in [0.1, 0.15) is 24.4 Å². The predicted octanol–water partition coefficient (Wildman–Crippen LogP) is -0.0530. The number of halogens is 2. The first kappa shape index (κ1) is 22.7. The molecular weight excluding hydrogens is 379 g/mol. The summed E-state index contributed by atoms with van der Waals surface area (Å²) in [7, 11) is 3.63. The van der Waals surface area contributed by atoms with Crippen molar-refractivity contribution in [2.45, 2.75) is 24.9 Å². The summed E-state index contributed by atoms with van der Waals surface area (Å²) in [5.41, 5.74) is 0.872. The lowest BCUT2D eigenvalue weighted by Gasteiger charge is -2.36. The number of nitrogens with one attached hydrogen (secondary N) is 2. The zero-order valence-corrected chi connectivity index (χ0v) is 16.8. The Kier molecular flexibility index (Phi) is 8.82. The Morgan fingerprint density at radius 1 is 1.23 bits per heavy atom. The van der Waals surface area contributed by atoms with E-state index in [-0.39, 0.29) is 42.7 Å². The van der Waals surface area contributed by atoms with Gasteiger partial charge in [0.05, 0.1) is 12.7 Å². The van der Waals surface area contributed by atoms with Gasteiger partial charge in [0.2, 0.25) is 11.8 Å². The molecule has 0 bridgehead atoms. The second kappa shape index (κ2) is 10.1. The molecule has 148 valence electrons. The molecule has 2 heterocycles. The SMILES string of the molecule is CNC(C(=O)N1CCN(CC(=O)NC2CC2)CC1)c1cnn(C)c1.Cl.Cl. The van der Waals surface area contributed by atoms with Crippen molar-refractivity contribution >= 4 is 36.6 Å². The van der Waals surface area contributed by atoms with Crippen molar-refractivity contribution in [2.24, 2.45) is 7.05 Å². The molecule has 0 aromatic carbocycles. The third-order valence-corrected chi connectivity index (χ3v) is 4.59. The number of amides is 2. The van der Waals surface area contributed by atoms with Crippen LogP contribution in [0.25, 0.3) is 0 Å². The lowest BCUT2D eigenvalue weighted by molar-refractivity contribution is -0.135. The van der Waals surface area contributed by atoms with Crippen LogP contribution in [0.3, 0.4) is 0 Å². The maximum atomic E-state index is 12.8. The van der Waals surface area contributed by atoms with Crippen LogP contribution in [0.4, 0.5) is 0 Å². The molecule has 1 aromatic rings. The molecule has 1 atom stereocenters. The van der Waals surface area contributed by atoms with Crippen molar-refractivity contribution in [3.8, 4) is 0 Å². The molecule has 1 unspecified atom stereocenters. The first-order chi connectivity index (χ1) is 11.6. The summed E-state index contributed by atoms with van der Waals surface area (Å²) < 4.78 is 1.70. The molecule has 2 fully saturated rings. The van der Waals surface area contributed by atoms with E-state index >= 15 is 0 Å². The number of carbonyl (C=O) groups is 2. The lowest BCUT2D eigenvalue weighted by atomic mass is 10.1. The molecule has 1 aliphatic heterocycles. The van der Waals surface area contributed by atoms with Crippen molar-refractivity contribution < 1.29 is 9.59 Å². The molecule has 1 aromatic heterocycles. The molecule has 2 N–H and O–H groups in total. The van der Waals surface area contributed by atoms with Crippen LogP contribution < -0.4 is 10.6 Å². The van der Waals surface area contributed by atoms with Crippen molar-refractivity contribution in [3.63, 3.8) is 0 Å². The molecule has 0 radical (unpaired) electrons. The Labute approximate surface area is 166 Å². The average Bonchev–Trinajstić information content (AvgIpc) is 3.27. The van der Waals surface area contributed by atoms with Gasteiger partial charge in [0.25, 0.3) is 0 Å². The van der Waals surface area contributed by atoms with Crippen LogP contribution in [0.2, 0.25) is 0 Å². The van der Waals surface area contributed by atoms with Gasteiger partial charge in [-0.15, -0.1) is 24.8 Å². The van der Waals surface area contributed by atoms with E-state index in [2.05, 4.69) is 20.6 Å². The van der Waals surface area contributed by atoms with Gasteiger partial charge in [0.15, 0.2) is 0 Å². The van der Waals surface area contributed by atoms with Crippen LogP contribution in [0, 0.1) is 0 Å². The van der Waals surface area contributed by atoms with Gasteiger partial charge in [0.1, 0.15) is 6.04 Å². The van der Waals surface area contributed by atoms with E-state index in [1.807, 2.05) is 18.1 Å². The number of nitrogens with zero attached hydrogens (tertiary/aromatic N) is 4. The maximum absolute atomic E-state index is 12.8. The summed E-state index contributed by atoms with van der Waals surface area (Å²) in [6, 6.07) is 0.0275. The first-order valence-corrected chi connectivity index (χ1v) is 8.53. The Bertz CT molecular complexity index is 599. The monoisotopic (exact) mass is 406 g/mol. The van der Waals surface area contributed by atoms with Gasteiger partial charge in [-0.05, 0) is 19.9 Å². The first-order valence-electron chi connectivity index (χ1n) is 8.53. The molecule has 1 aliphatic carbocycles. The van der Waals surface area contributed by atoms with Gasteiger partial charge in [-0.2, -0.15) is 5.10 Å². The number of aromatic nitrogens is 2. The molecule has 2 amide bonds. The van der Waals surface area contributed by atoms with Crippen molar-refractivity contribution in [3.05, 3.63) is 18.0 Å². The third-order valence-electron chi connectivity index (χ3n) is 4.59. The lowest BCUT2D eigenvalue weighted by Crippen LogP contribution is -2.53. The largest absolute Gasteiger partial charge is 0.352 e. The third kappa shape index (κ3) is 5.84. The van der Waals surface area contributed by atoms with Crippen molar-refractivity contribution in [1.29, 1.82) is 0 Å². The van der Waals surface area contributed by atoms with Gasteiger partial charge in [-0.1, -0.05) is 0 Å². The highest BCUT2D eigenvalue weighted by molar-refractivity contribution is 5.85. The second-order valence-corrected chi connectivity index (χ2v) is 6.61. The number of carbonyl (C=O) groups excluding carboxylic acids is 2. The van der Waals surface area contributed by atoms with Gasteiger partial charge >= 0.3 is 0 Å². The van der Waals surface area contributed by atoms with Gasteiger partial charge < -0.3 is 15.5 Å². The molecular formula is C16H28Cl2N6O2. The number of rotatable bonds is 6. The van der Waals surface area contributed by atoms with Crippen LogP contribution in [-0.2, 0) is 16.6 Å². The molecule has 26 heavy (non-hydrogen) atoms. The van der Waals surface area contributed by atoms with E-state index in [1.54, 1.807) is 17.9 Å². The molecule has 0 spiro atoms. The van der Waals surface area contributed by atoms with Crippen molar-refractivity contribution in [2.75, 3.05) is 39.8 Å². The minimum Gasteiger partial charge on any atom is -0.352 e. The summed E-state index contributed by atoms with van der Waals surface area (Å²) in [4.78, 5) is 28.6. The molecule has 1 saturated heterocycles. The second-order valence-electron chi connectivity index (χ2n) is 6.61. The highest BCUT2D eigenvalue weighted by Gasteiger charge is 2.29. The number of likely N-dealkylation sites (N-methyl/N-ethyl adjacent to an activating group) is 1. The van der Waals surface area contributed by atoms with E-state index in [4.69, 9.17) is 0 Å². The Balaban J connectivity index is 0.00000169. The topological polar surface area (TPSA) is 82.5 Å². The van der Waals surface area contributed by atoms with E-state index < -0.39 is 0 Å². The molecule has 8 nitrogen and oxygen atoms in total. The summed E-state index contributed by atoms with van der Waals surface area (Å²) in [6.07, 6.45) is 5.79. The number of hydrogen-bond acceptors (Lipinski definition) is 5. The van der Waals surface area contributed by atoms with Gasteiger partial charge in [-0.3, -0.25) is 19.2 Å². The molecule has 3 rings (SSSR count). The van der Waals surface area contributed by atoms with Crippen LogP contribution in [0.5, 0.6) is 0 Å². The van der Waals surface area contributed by atoms with Gasteiger partial charge in [0, 0.05) is 51.0 Å². The zero-order chi connectivity index (χ0) is 17.1. The maximum Gasteiger partial charge on any atom is 0.244 e. The highest BCUT2D eigenvalue weighted by Crippen LogP contribution is 2.19. The van der Waals surface area contributed by atoms with Crippen LogP contribution >= 0.6 is 24.8 Å². The molecule has 2 aliphatic rings. The molecule has 1 saturated carbocycles. The predicted molar refractivity (Wildman–Crippen MR) is 104 cm³/mol. The van der Waals surface area contributed by atoms with E-state index in [9.17, 15) is 9.59 Å². The number of hydrogen-bond donors (Lipinski definition) is 2. The fourth-order valence-corrected chi connectivity index (χ4v) is 3.03. The van der Waals surface area contributed by atoms with Gasteiger partial charge in [-0.25, -0.2) is 0 Å². The fourth-order valence-electron chi connectivity index (χ4n) is 3.03. The standard InChI is InChI=1S/C16H26N6O2.2ClH/c1-17-15(12-9-18-20(2)10-12)16(24)22-7-5-21(6-8-22)11-14(23)19-13-3-4-13;;/h9-10,13,15,17H,3-8,11H2,1-2H3,(H,19,23);2*1H. The summed E-state index contributed by atoms with van der Waals surface area (Å²) in [6.45, 7) is 3.18. The van der Waals surface area contributed by atoms with Crippen LogP contribution in [0.15, 0.2) is 12.4 Å². The van der Waals surface area contributed by atoms with E-state index in [1.165, 1.54) is 0 Å². The smallest absolute Gasteiger partial charge is 0.244 e. The normalized spacial score (nSPS) is 18.5. The average molecular weight is 407 g/mol. The van der Waals surface area contributed by atoms with E-state index in [0.29, 0.717) is 25.7 Å².